The van der Waals surface area contributed by atoms with E-state index in [0.717, 1.165) is 47.9 Å². The van der Waals surface area contributed by atoms with Crippen molar-refractivity contribution in [2.75, 3.05) is 31.2 Å². The van der Waals surface area contributed by atoms with E-state index in [4.69, 9.17) is 9.98 Å². The number of rotatable bonds is 5. The van der Waals surface area contributed by atoms with Gasteiger partial charge in [0.05, 0.1) is 11.5 Å². The summed E-state index contributed by atoms with van der Waals surface area (Å²) in [6.07, 6.45) is 1.82. The minimum absolute atomic E-state index is 0.0262. The SMILES string of the molecule is CC(C)c1ccc(NC(=O)CSC2=NC3(CCN(C)CC3)N=C2c2ccc(C(C)(C)C)cc2)cc1. The molecule has 2 aromatic rings. The second-order valence-corrected chi connectivity index (χ2v) is 12.1. The molecule has 1 saturated heterocycles. The van der Waals surface area contributed by atoms with Crippen molar-refractivity contribution >= 4 is 34.1 Å². The summed E-state index contributed by atoms with van der Waals surface area (Å²) in [6, 6.07) is 16.8. The summed E-state index contributed by atoms with van der Waals surface area (Å²) in [5, 5.41) is 3.90. The molecule has 4 rings (SSSR count). The van der Waals surface area contributed by atoms with Crippen LogP contribution in [0.5, 0.6) is 0 Å². The Morgan fingerprint density at radius 3 is 2.23 bits per heavy atom. The summed E-state index contributed by atoms with van der Waals surface area (Å²) in [5.41, 5.74) is 5.09. The van der Waals surface area contributed by atoms with Crippen LogP contribution in [0.25, 0.3) is 0 Å². The number of carbonyl (C=O) groups excluding carboxylic acids is 1. The van der Waals surface area contributed by atoms with Gasteiger partial charge in [-0.25, -0.2) is 4.99 Å². The molecule has 0 unspecified atom stereocenters. The van der Waals surface area contributed by atoms with Crippen molar-refractivity contribution in [1.29, 1.82) is 0 Å². The van der Waals surface area contributed by atoms with Gasteiger partial charge in [0, 0.05) is 37.2 Å². The summed E-state index contributed by atoms with van der Waals surface area (Å²) in [6.45, 7) is 13.0. The minimum atomic E-state index is -0.393. The molecule has 1 N–H and O–H groups in total. The summed E-state index contributed by atoms with van der Waals surface area (Å²) in [7, 11) is 2.15. The van der Waals surface area contributed by atoms with Crippen LogP contribution in [0.2, 0.25) is 0 Å². The van der Waals surface area contributed by atoms with Crippen LogP contribution in [0.3, 0.4) is 0 Å². The van der Waals surface area contributed by atoms with Crippen molar-refractivity contribution in [2.24, 2.45) is 9.98 Å². The predicted molar refractivity (Wildman–Crippen MR) is 150 cm³/mol. The number of carbonyl (C=O) groups is 1. The van der Waals surface area contributed by atoms with Gasteiger partial charge in [0.2, 0.25) is 5.91 Å². The lowest BCUT2D eigenvalue weighted by molar-refractivity contribution is -0.113. The molecular weight excluding hydrogens is 452 g/mol. The highest BCUT2D eigenvalue weighted by molar-refractivity contribution is 8.16. The molecule has 1 spiro atoms. The highest BCUT2D eigenvalue weighted by Gasteiger charge is 2.39. The minimum Gasteiger partial charge on any atom is -0.325 e. The van der Waals surface area contributed by atoms with Gasteiger partial charge in [0.25, 0.3) is 0 Å². The molecular formula is C29H38N4OS. The van der Waals surface area contributed by atoms with E-state index in [1.54, 1.807) is 0 Å². The molecule has 0 aliphatic carbocycles. The van der Waals surface area contributed by atoms with Gasteiger partial charge in [-0.2, -0.15) is 0 Å². The van der Waals surface area contributed by atoms with Gasteiger partial charge in [0.15, 0.2) is 5.66 Å². The third-order valence-corrected chi connectivity index (χ3v) is 7.81. The quantitative estimate of drug-likeness (QED) is 0.551. The predicted octanol–water partition coefficient (Wildman–Crippen LogP) is 6.10. The summed E-state index contributed by atoms with van der Waals surface area (Å²) >= 11 is 1.49. The maximum Gasteiger partial charge on any atom is 0.234 e. The summed E-state index contributed by atoms with van der Waals surface area (Å²) < 4.78 is 0. The lowest BCUT2D eigenvalue weighted by Crippen LogP contribution is -2.39. The van der Waals surface area contributed by atoms with Crippen LogP contribution in [0.4, 0.5) is 5.69 Å². The monoisotopic (exact) mass is 490 g/mol. The molecule has 5 nitrogen and oxygen atoms in total. The standard InChI is InChI=1S/C29H38N4OS/c1-20(2)21-9-13-24(14-10-21)30-25(34)19-35-27-26(22-7-11-23(12-8-22)28(3,4)5)31-29(32-27)15-17-33(6)18-16-29/h7-14,20H,15-19H2,1-6H3,(H,30,34). The normalized spacial score (nSPS) is 18.0. The van der Waals surface area contributed by atoms with E-state index in [9.17, 15) is 4.79 Å². The molecule has 0 aromatic heterocycles. The number of nitrogens with zero attached hydrogens (tertiary/aromatic N) is 3. The van der Waals surface area contributed by atoms with Crippen molar-refractivity contribution in [1.82, 2.24) is 4.90 Å². The third-order valence-electron chi connectivity index (χ3n) is 6.85. The van der Waals surface area contributed by atoms with Gasteiger partial charge in [-0.05, 0) is 41.6 Å². The topological polar surface area (TPSA) is 57.1 Å². The van der Waals surface area contributed by atoms with Gasteiger partial charge in [-0.15, -0.1) is 0 Å². The first-order chi connectivity index (χ1) is 16.5. The molecule has 2 aliphatic heterocycles. The number of hydrogen-bond acceptors (Lipinski definition) is 5. The Morgan fingerprint density at radius 2 is 1.66 bits per heavy atom. The molecule has 2 aliphatic rings. The van der Waals surface area contributed by atoms with Crippen LogP contribution >= 0.6 is 11.8 Å². The zero-order valence-electron chi connectivity index (χ0n) is 21.9. The zero-order chi connectivity index (χ0) is 25.2. The molecule has 1 fully saturated rings. The van der Waals surface area contributed by atoms with Gasteiger partial charge in [-0.1, -0.05) is 82.8 Å². The van der Waals surface area contributed by atoms with E-state index in [1.807, 2.05) is 12.1 Å². The summed E-state index contributed by atoms with van der Waals surface area (Å²) in [4.78, 5) is 25.4. The van der Waals surface area contributed by atoms with E-state index < -0.39 is 5.66 Å². The van der Waals surface area contributed by atoms with Crippen LogP contribution in [0.15, 0.2) is 58.5 Å². The lowest BCUT2D eigenvalue weighted by Gasteiger charge is -2.33. The van der Waals surface area contributed by atoms with Crippen LogP contribution in [-0.4, -0.2) is 53.1 Å². The molecule has 0 saturated carbocycles. The average molecular weight is 491 g/mol. The smallest absolute Gasteiger partial charge is 0.234 e. The fourth-order valence-electron chi connectivity index (χ4n) is 4.42. The number of piperidine rings is 1. The number of likely N-dealkylation sites (tertiary alicyclic amines) is 1. The number of aliphatic imine (C=N–C) groups is 2. The molecule has 186 valence electrons. The Labute approximate surface area is 214 Å². The van der Waals surface area contributed by atoms with Crippen LogP contribution in [0.1, 0.15) is 70.1 Å². The number of amides is 1. The van der Waals surface area contributed by atoms with E-state index in [0.29, 0.717) is 11.7 Å². The van der Waals surface area contributed by atoms with Gasteiger partial charge in [0.1, 0.15) is 5.04 Å². The Hall–Kier alpha value is -2.44. The fourth-order valence-corrected chi connectivity index (χ4v) is 5.30. The maximum atomic E-state index is 12.8. The van der Waals surface area contributed by atoms with Crippen molar-refractivity contribution < 1.29 is 4.79 Å². The van der Waals surface area contributed by atoms with E-state index in [2.05, 4.69) is 88.3 Å². The van der Waals surface area contributed by atoms with Crippen LogP contribution in [0, 0.1) is 0 Å². The number of hydrogen-bond donors (Lipinski definition) is 1. The number of thioether (sulfide) groups is 1. The van der Waals surface area contributed by atoms with Crippen molar-refractivity contribution in [3.63, 3.8) is 0 Å². The largest absolute Gasteiger partial charge is 0.325 e. The molecule has 0 bridgehead atoms. The fraction of sp³-hybridized carbons (Fsp3) is 0.483. The first-order valence-corrected chi connectivity index (χ1v) is 13.6. The molecule has 0 atom stereocenters. The highest BCUT2D eigenvalue weighted by atomic mass is 32.2. The van der Waals surface area contributed by atoms with Crippen molar-refractivity contribution in [3.8, 4) is 0 Å². The van der Waals surface area contributed by atoms with Gasteiger partial charge in [-0.3, -0.25) is 9.79 Å². The average Bonchev–Trinajstić information content (AvgIpc) is 3.18. The second kappa shape index (κ2) is 10.3. The lowest BCUT2D eigenvalue weighted by atomic mass is 9.86. The molecule has 6 heteroatoms. The molecule has 1 amide bonds. The Kier molecular flexibility index (Phi) is 7.53. The van der Waals surface area contributed by atoms with Gasteiger partial charge >= 0.3 is 0 Å². The zero-order valence-corrected chi connectivity index (χ0v) is 22.7. The first-order valence-electron chi connectivity index (χ1n) is 12.6. The number of benzene rings is 2. The van der Waals surface area contributed by atoms with Gasteiger partial charge < -0.3 is 10.2 Å². The van der Waals surface area contributed by atoms with E-state index in [-0.39, 0.29) is 11.3 Å². The molecule has 35 heavy (non-hydrogen) atoms. The molecule has 0 radical (unpaired) electrons. The maximum absolute atomic E-state index is 12.8. The van der Waals surface area contributed by atoms with Crippen molar-refractivity contribution in [3.05, 3.63) is 65.2 Å². The van der Waals surface area contributed by atoms with Crippen LogP contribution in [-0.2, 0) is 10.2 Å². The molecule has 2 heterocycles. The number of anilines is 1. The third kappa shape index (κ3) is 6.22. The Balaban J connectivity index is 1.49. The highest BCUT2D eigenvalue weighted by Crippen LogP contribution is 2.35. The molecule has 2 aromatic carbocycles. The van der Waals surface area contributed by atoms with Crippen molar-refractivity contribution in [2.45, 2.75) is 64.5 Å². The Bertz CT molecular complexity index is 1100. The van der Waals surface area contributed by atoms with Crippen LogP contribution < -0.4 is 5.32 Å². The Morgan fingerprint density at radius 1 is 1.03 bits per heavy atom. The first kappa shape index (κ1) is 25.6. The number of nitrogens with one attached hydrogen (secondary N) is 1. The van der Waals surface area contributed by atoms with E-state index in [1.165, 1.54) is 22.9 Å². The summed E-state index contributed by atoms with van der Waals surface area (Å²) in [5.74, 6) is 0.749. The van der Waals surface area contributed by atoms with E-state index >= 15 is 0 Å². The second-order valence-electron chi connectivity index (χ2n) is 11.1.